The zero-order chi connectivity index (χ0) is 18.9. The van der Waals surface area contributed by atoms with Crippen LogP contribution in [0.3, 0.4) is 0 Å². The number of phenolic OH excluding ortho intramolecular Hbond substituents is 1. The third-order valence-corrected chi connectivity index (χ3v) is 6.71. The van der Waals surface area contributed by atoms with Crippen molar-refractivity contribution < 1.29 is 5.11 Å². The Hall–Kier alpha value is -2.50. The maximum atomic E-state index is 10.7. The van der Waals surface area contributed by atoms with Gasteiger partial charge in [0.25, 0.3) is 0 Å². The third kappa shape index (κ3) is 3.25. The van der Waals surface area contributed by atoms with Crippen molar-refractivity contribution in [2.24, 2.45) is 0 Å². The number of anilines is 2. The Morgan fingerprint density at radius 2 is 1.71 bits per heavy atom. The first kappa shape index (κ1) is 17.6. The molecule has 0 radical (unpaired) electrons. The fraction of sp³-hybridized carbons (Fsp3) is 0.261. The minimum Gasteiger partial charge on any atom is -0.506 e. The molecule has 2 aromatic carbocycles. The Bertz CT molecular complexity index is 971. The zero-order valence-corrected chi connectivity index (χ0v) is 16.5. The van der Waals surface area contributed by atoms with Gasteiger partial charge in [-0.2, -0.15) is 0 Å². The van der Waals surface area contributed by atoms with Gasteiger partial charge in [0.15, 0.2) is 0 Å². The van der Waals surface area contributed by atoms with E-state index in [9.17, 15) is 5.11 Å². The molecule has 5 heteroatoms. The molecule has 28 heavy (non-hydrogen) atoms. The van der Waals surface area contributed by atoms with Gasteiger partial charge in [0.1, 0.15) is 5.75 Å². The van der Waals surface area contributed by atoms with E-state index in [-0.39, 0.29) is 0 Å². The van der Waals surface area contributed by atoms with Crippen LogP contribution in [0.4, 0.5) is 11.4 Å². The van der Waals surface area contributed by atoms with Crippen LogP contribution in [-0.2, 0) is 6.54 Å². The molecule has 2 aliphatic heterocycles. The fourth-order valence-corrected chi connectivity index (χ4v) is 5.35. The van der Waals surface area contributed by atoms with Gasteiger partial charge in [-0.15, -0.1) is 0 Å². The molecular weight excluding hydrogens is 366 g/mol. The molecule has 0 aliphatic carbocycles. The zero-order valence-electron chi connectivity index (χ0n) is 15.7. The fourth-order valence-electron chi connectivity index (χ4n) is 4.25. The molecule has 3 aromatic rings. The summed E-state index contributed by atoms with van der Waals surface area (Å²) in [4.78, 5) is 11.7. The van der Waals surface area contributed by atoms with Crippen molar-refractivity contribution >= 4 is 23.1 Å². The second-order valence-electron chi connectivity index (χ2n) is 7.39. The van der Waals surface area contributed by atoms with Crippen LogP contribution >= 0.6 is 11.8 Å². The lowest BCUT2D eigenvalue weighted by Crippen LogP contribution is -2.43. The molecule has 0 bridgehead atoms. The van der Waals surface area contributed by atoms with Gasteiger partial charge < -0.3 is 10.0 Å². The van der Waals surface area contributed by atoms with Gasteiger partial charge in [-0.1, -0.05) is 36.0 Å². The molecule has 0 atom stereocenters. The van der Waals surface area contributed by atoms with E-state index in [1.807, 2.05) is 18.3 Å². The standard InChI is InChI=1S/C23H23N3OS/c27-20-8-5-10-22-23(20)26(19-7-1-2-9-21(19)28-22)18-11-14-25(15-12-18)16-17-6-3-4-13-24-17/h1-10,13,18,27H,11-12,14-16H2. The summed E-state index contributed by atoms with van der Waals surface area (Å²) in [6, 6.07) is 20.9. The second-order valence-corrected chi connectivity index (χ2v) is 8.48. The largest absolute Gasteiger partial charge is 0.506 e. The number of nitrogens with zero attached hydrogens (tertiary/aromatic N) is 3. The maximum absolute atomic E-state index is 10.7. The van der Waals surface area contributed by atoms with Gasteiger partial charge in [0.2, 0.25) is 0 Å². The summed E-state index contributed by atoms with van der Waals surface area (Å²) in [5, 5.41) is 10.7. The number of hydrogen-bond acceptors (Lipinski definition) is 5. The molecule has 1 aromatic heterocycles. The highest BCUT2D eigenvalue weighted by molar-refractivity contribution is 7.99. The van der Waals surface area contributed by atoms with Crippen molar-refractivity contribution in [3.63, 3.8) is 0 Å². The van der Waals surface area contributed by atoms with Gasteiger partial charge in [0.05, 0.1) is 17.1 Å². The van der Waals surface area contributed by atoms with Crippen LogP contribution in [-0.4, -0.2) is 34.1 Å². The summed E-state index contributed by atoms with van der Waals surface area (Å²) in [5.74, 6) is 0.371. The number of aromatic nitrogens is 1. The van der Waals surface area contributed by atoms with E-state index >= 15 is 0 Å². The average Bonchev–Trinajstić information content (AvgIpc) is 2.74. The van der Waals surface area contributed by atoms with Crippen molar-refractivity contribution in [1.82, 2.24) is 9.88 Å². The van der Waals surface area contributed by atoms with Crippen LogP contribution in [0.25, 0.3) is 0 Å². The van der Waals surface area contributed by atoms with E-state index in [1.165, 1.54) is 10.6 Å². The van der Waals surface area contributed by atoms with Crippen LogP contribution in [0.5, 0.6) is 5.75 Å². The number of para-hydroxylation sites is 2. The lowest BCUT2D eigenvalue weighted by molar-refractivity contribution is 0.202. The van der Waals surface area contributed by atoms with Crippen LogP contribution in [0, 0.1) is 0 Å². The number of pyridine rings is 1. The van der Waals surface area contributed by atoms with Crippen molar-refractivity contribution in [2.75, 3.05) is 18.0 Å². The minimum absolute atomic E-state index is 0.371. The van der Waals surface area contributed by atoms with E-state index in [4.69, 9.17) is 0 Å². The first-order valence-corrected chi connectivity index (χ1v) is 10.6. The molecule has 142 valence electrons. The van der Waals surface area contributed by atoms with Gasteiger partial charge in [-0.25, -0.2) is 0 Å². The number of likely N-dealkylation sites (tertiary alicyclic amines) is 1. The molecule has 3 heterocycles. The van der Waals surface area contributed by atoms with Crippen molar-refractivity contribution in [2.45, 2.75) is 35.2 Å². The number of hydrogen-bond donors (Lipinski definition) is 1. The monoisotopic (exact) mass is 389 g/mol. The van der Waals surface area contributed by atoms with Gasteiger partial charge in [-0.3, -0.25) is 9.88 Å². The summed E-state index contributed by atoms with van der Waals surface area (Å²) in [6.07, 6.45) is 4.00. The van der Waals surface area contributed by atoms with Crippen LogP contribution in [0.15, 0.2) is 76.7 Å². The molecule has 0 saturated carbocycles. The summed E-state index contributed by atoms with van der Waals surface area (Å²) < 4.78 is 0. The quantitative estimate of drug-likeness (QED) is 0.678. The number of aromatic hydroxyl groups is 1. The number of fused-ring (bicyclic) bond motifs is 2. The van der Waals surface area contributed by atoms with E-state index < -0.39 is 0 Å². The predicted molar refractivity (Wildman–Crippen MR) is 113 cm³/mol. The molecule has 0 amide bonds. The first-order chi connectivity index (χ1) is 13.8. The average molecular weight is 390 g/mol. The lowest BCUT2D eigenvalue weighted by atomic mass is 10.0. The van der Waals surface area contributed by atoms with E-state index in [0.29, 0.717) is 11.8 Å². The summed E-state index contributed by atoms with van der Waals surface area (Å²) in [5.41, 5.74) is 3.31. The molecule has 1 saturated heterocycles. The highest BCUT2D eigenvalue weighted by Crippen LogP contribution is 2.52. The summed E-state index contributed by atoms with van der Waals surface area (Å²) >= 11 is 1.75. The van der Waals surface area contributed by atoms with Crippen LogP contribution in [0.2, 0.25) is 0 Å². The van der Waals surface area contributed by atoms with Crippen molar-refractivity contribution in [3.8, 4) is 5.75 Å². The van der Waals surface area contributed by atoms with E-state index in [2.05, 4.69) is 57.2 Å². The van der Waals surface area contributed by atoms with Gasteiger partial charge in [-0.05, 0) is 49.2 Å². The van der Waals surface area contributed by atoms with Crippen LogP contribution in [0.1, 0.15) is 18.5 Å². The molecule has 5 rings (SSSR count). The highest BCUT2D eigenvalue weighted by Gasteiger charge is 2.33. The molecule has 1 N–H and O–H groups in total. The smallest absolute Gasteiger partial charge is 0.140 e. The third-order valence-electron chi connectivity index (χ3n) is 5.60. The van der Waals surface area contributed by atoms with E-state index in [0.717, 1.165) is 48.8 Å². The van der Waals surface area contributed by atoms with Crippen molar-refractivity contribution in [1.29, 1.82) is 0 Å². The molecular formula is C23H23N3OS. The number of phenols is 1. The topological polar surface area (TPSA) is 39.6 Å². The maximum Gasteiger partial charge on any atom is 0.140 e. The normalized spacial score (nSPS) is 17.2. The Balaban J connectivity index is 1.40. The molecule has 2 aliphatic rings. The molecule has 0 unspecified atom stereocenters. The van der Waals surface area contributed by atoms with Crippen LogP contribution < -0.4 is 4.90 Å². The molecule has 4 nitrogen and oxygen atoms in total. The Labute approximate surface area is 169 Å². The Morgan fingerprint density at radius 1 is 0.929 bits per heavy atom. The number of rotatable bonds is 3. The second kappa shape index (κ2) is 7.49. The Kier molecular flexibility index (Phi) is 4.71. The number of benzene rings is 2. The van der Waals surface area contributed by atoms with Gasteiger partial charge in [0, 0.05) is 41.7 Å². The van der Waals surface area contributed by atoms with E-state index in [1.54, 1.807) is 17.8 Å². The SMILES string of the molecule is Oc1cccc2c1N(C1CCN(Cc3ccccn3)CC1)c1ccccc1S2. The summed E-state index contributed by atoms with van der Waals surface area (Å²) in [6.45, 7) is 2.98. The molecule has 1 fully saturated rings. The van der Waals surface area contributed by atoms with Gasteiger partial charge >= 0.3 is 0 Å². The highest BCUT2D eigenvalue weighted by atomic mass is 32.2. The van der Waals surface area contributed by atoms with Crippen molar-refractivity contribution in [3.05, 3.63) is 72.6 Å². The number of piperidine rings is 1. The summed E-state index contributed by atoms with van der Waals surface area (Å²) in [7, 11) is 0. The predicted octanol–water partition coefficient (Wildman–Crippen LogP) is 5.05. The lowest BCUT2D eigenvalue weighted by Gasteiger charge is -2.42. The molecule has 0 spiro atoms. The first-order valence-electron chi connectivity index (χ1n) is 9.80. The minimum atomic E-state index is 0.371. The Morgan fingerprint density at radius 3 is 2.54 bits per heavy atom.